The van der Waals surface area contributed by atoms with Gasteiger partial charge in [0.05, 0.1) is 13.7 Å². The van der Waals surface area contributed by atoms with Crippen LogP contribution < -0.4 is 14.5 Å². The number of benzene rings is 2. The van der Waals surface area contributed by atoms with E-state index in [0.29, 0.717) is 34.6 Å². The Hall–Kier alpha value is -3.00. The predicted molar refractivity (Wildman–Crippen MR) is 121 cm³/mol. The molecule has 31 heavy (non-hydrogen) atoms. The Morgan fingerprint density at radius 3 is 2.45 bits per heavy atom. The highest BCUT2D eigenvalue weighted by molar-refractivity contribution is 7.99. The molecule has 1 amide bonds. The summed E-state index contributed by atoms with van der Waals surface area (Å²) < 4.78 is 13.0. The minimum absolute atomic E-state index is 0.0355. The van der Waals surface area contributed by atoms with Crippen molar-refractivity contribution in [3.05, 3.63) is 65.5 Å². The number of aromatic nitrogens is 3. The lowest BCUT2D eigenvalue weighted by Crippen LogP contribution is -2.45. The number of fused-ring (bicyclic) bond motifs is 1. The first-order chi connectivity index (χ1) is 14.9. The van der Waals surface area contributed by atoms with Crippen LogP contribution in [0.25, 0.3) is 0 Å². The van der Waals surface area contributed by atoms with E-state index in [1.54, 1.807) is 28.6 Å². The van der Waals surface area contributed by atoms with Crippen molar-refractivity contribution < 1.29 is 14.3 Å². The molecule has 4 rings (SSSR count). The summed E-state index contributed by atoms with van der Waals surface area (Å²) >= 11 is 1.58. The van der Waals surface area contributed by atoms with Crippen LogP contribution >= 0.6 is 11.8 Å². The van der Waals surface area contributed by atoms with E-state index in [4.69, 9.17) is 9.47 Å². The predicted octanol–water partition coefficient (Wildman–Crippen LogP) is 4.05. The third-order valence-electron chi connectivity index (χ3n) is 5.11. The number of carbonyl (C=O) groups excluding carboxylic acids is 1. The molecule has 8 heteroatoms. The van der Waals surface area contributed by atoms with Gasteiger partial charge in [0.25, 0.3) is 5.91 Å². The molecule has 7 nitrogen and oxygen atoms in total. The van der Waals surface area contributed by atoms with Gasteiger partial charge in [-0.1, -0.05) is 56.8 Å². The van der Waals surface area contributed by atoms with Crippen LogP contribution in [-0.4, -0.2) is 40.2 Å². The first-order valence-corrected chi connectivity index (χ1v) is 11.1. The Morgan fingerprint density at radius 2 is 1.77 bits per heavy atom. The molecule has 1 aliphatic heterocycles. The number of thioether (sulfide) groups is 1. The van der Waals surface area contributed by atoms with Crippen molar-refractivity contribution >= 4 is 17.7 Å². The number of hydrogen-bond donors (Lipinski definition) is 0. The maximum atomic E-state index is 13.3. The molecule has 0 saturated heterocycles. The van der Waals surface area contributed by atoms with E-state index in [1.165, 1.54) is 5.56 Å². The summed E-state index contributed by atoms with van der Waals surface area (Å²) in [5, 5.41) is 10.9. The van der Waals surface area contributed by atoms with Gasteiger partial charge in [0.2, 0.25) is 5.16 Å². The van der Waals surface area contributed by atoms with Crippen molar-refractivity contribution in [3.63, 3.8) is 0 Å². The summed E-state index contributed by atoms with van der Waals surface area (Å²) in [5.74, 6) is 2.49. The molecular weight excluding hydrogens is 412 g/mol. The van der Waals surface area contributed by atoms with Crippen LogP contribution in [0, 0.1) is 0 Å². The number of ether oxygens (including phenoxy) is 2. The Bertz CT molecular complexity index is 1070. The van der Waals surface area contributed by atoms with Crippen LogP contribution in [0.1, 0.15) is 42.5 Å². The molecular formula is C23H26N4O3S. The number of hydrogen-bond acceptors (Lipinski definition) is 6. The zero-order valence-corrected chi connectivity index (χ0v) is 19.0. The van der Waals surface area contributed by atoms with E-state index in [0.717, 1.165) is 5.75 Å². The van der Waals surface area contributed by atoms with Gasteiger partial charge in [-0.3, -0.25) is 4.79 Å². The largest absolute Gasteiger partial charge is 0.493 e. The van der Waals surface area contributed by atoms with Crippen LogP contribution in [0.3, 0.4) is 0 Å². The third kappa shape index (κ3) is 4.39. The topological polar surface area (TPSA) is 69.5 Å². The molecule has 1 aliphatic rings. The first kappa shape index (κ1) is 21.2. The number of nitrogens with zero attached hydrogens (tertiary/aromatic N) is 4. The monoisotopic (exact) mass is 438 g/mol. The van der Waals surface area contributed by atoms with E-state index in [2.05, 4.69) is 31.0 Å². The highest BCUT2D eigenvalue weighted by atomic mass is 32.2. The Kier molecular flexibility index (Phi) is 5.91. The van der Waals surface area contributed by atoms with Crippen molar-refractivity contribution in [1.82, 2.24) is 14.9 Å². The van der Waals surface area contributed by atoms with Crippen molar-refractivity contribution in [2.45, 2.75) is 37.9 Å². The van der Waals surface area contributed by atoms with Gasteiger partial charge in [0.1, 0.15) is 6.61 Å². The number of rotatable bonds is 5. The number of para-hydroxylation sites is 2. The molecule has 0 spiro atoms. The second-order valence-electron chi connectivity index (χ2n) is 8.25. The maximum absolute atomic E-state index is 13.3. The smallest absolute Gasteiger partial charge is 0.272 e. The van der Waals surface area contributed by atoms with Gasteiger partial charge in [0.15, 0.2) is 17.3 Å². The van der Waals surface area contributed by atoms with E-state index in [9.17, 15) is 4.79 Å². The lowest BCUT2D eigenvalue weighted by atomic mass is 9.86. The van der Waals surface area contributed by atoms with E-state index < -0.39 is 0 Å². The summed E-state index contributed by atoms with van der Waals surface area (Å²) in [4.78, 5) is 13.3. The Labute approximate surface area is 186 Å². The minimum Gasteiger partial charge on any atom is -0.493 e. The van der Waals surface area contributed by atoms with Crippen LogP contribution in [0.5, 0.6) is 11.5 Å². The number of carbonyl (C=O) groups is 1. The zero-order chi connectivity index (χ0) is 22.0. The van der Waals surface area contributed by atoms with Gasteiger partial charge < -0.3 is 9.47 Å². The molecule has 0 aliphatic carbocycles. The minimum atomic E-state index is -0.0830. The van der Waals surface area contributed by atoms with Gasteiger partial charge in [-0.25, -0.2) is 9.69 Å². The molecule has 3 aromatic rings. The van der Waals surface area contributed by atoms with E-state index in [1.807, 2.05) is 48.5 Å². The SMILES string of the molecule is COc1ccccc1OCc1nnc2n1N(C(=O)c1ccc(C(C)(C)C)cc1)CCS2. The molecule has 0 N–H and O–H groups in total. The second-order valence-corrected chi connectivity index (χ2v) is 9.32. The number of methoxy groups -OCH3 is 1. The van der Waals surface area contributed by atoms with Crippen LogP contribution in [-0.2, 0) is 12.0 Å². The average molecular weight is 439 g/mol. The lowest BCUT2D eigenvalue weighted by molar-refractivity contribution is 0.0952. The molecule has 0 unspecified atom stereocenters. The summed E-state index contributed by atoms with van der Waals surface area (Å²) in [5.41, 5.74) is 1.86. The number of amides is 1. The van der Waals surface area contributed by atoms with Crippen LogP contribution in [0.4, 0.5) is 0 Å². The fourth-order valence-electron chi connectivity index (χ4n) is 3.38. The van der Waals surface area contributed by atoms with E-state index >= 15 is 0 Å². The highest BCUT2D eigenvalue weighted by Gasteiger charge is 2.28. The first-order valence-electron chi connectivity index (χ1n) is 10.1. The molecule has 1 aromatic heterocycles. The lowest BCUT2D eigenvalue weighted by Gasteiger charge is -2.29. The molecule has 2 aromatic carbocycles. The van der Waals surface area contributed by atoms with Gasteiger partial charge >= 0.3 is 0 Å². The highest BCUT2D eigenvalue weighted by Crippen LogP contribution is 2.28. The summed E-state index contributed by atoms with van der Waals surface area (Å²) in [6.07, 6.45) is 0. The molecule has 0 fully saturated rings. The quantitative estimate of drug-likeness (QED) is 0.599. The standard InChI is InChI=1S/C23H26N4O3S/c1-23(2,3)17-11-9-16(10-12-17)21(28)26-13-14-31-22-25-24-20(27(22)26)15-30-19-8-6-5-7-18(19)29-4/h5-12H,13-15H2,1-4H3. The van der Waals surface area contributed by atoms with Crippen molar-refractivity contribution in [2.75, 3.05) is 24.4 Å². The molecule has 162 valence electrons. The van der Waals surface area contributed by atoms with Crippen LogP contribution in [0.2, 0.25) is 0 Å². The van der Waals surface area contributed by atoms with E-state index in [-0.39, 0.29) is 17.9 Å². The molecule has 0 saturated carbocycles. The van der Waals surface area contributed by atoms with Gasteiger partial charge in [-0.05, 0) is 35.2 Å². The fraction of sp³-hybridized carbons (Fsp3) is 0.348. The second kappa shape index (κ2) is 8.63. The fourth-order valence-corrected chi connectivity index (χ4v) is 4.25. The van der Waals surface area contributed by atoms with Gasteiger partial charge in [0, 0.05) is 11.3 Å². The third-order valence-corrected chi connectivity index (χ3v) is 6.01. The van der Waals surface area contributed by atoms with Crippen molar-refractivity contribution in [3.8, 4) is 11.5 Å². The normalized spacial score (nSPS) is 13.6. The summed E-state index contributed by atoms with van der Waals surface area (Å²) in [6, 6.07) is 15.2. The molecule has 2 heterocycles. The van der Waals surface area contributed by atoms with Crippen molar-refractivity contribution in [1.29, 1.82) is 0 Å². The summed E-state index contributed by atoms with van der Waals surface area (Å²) in [7, 11) is 1.60. The van der Waals surface area contributed by atoms with Gasteiger partial charge in [-0.15, -0.1) is 10.2 Å². The summed E-state index contributed by atoms with van der Waals surface area (Å²) in [6.45, 7) is 7.20. The van der Waals surface area contributed by atoms with Gasteiger partial charge in [-0.2, -0.15) is 0 Å². The van der Waals surface area contributed by atoms with Crippen LogP contribution in [0.15, 0.2) is 53.7 Å². The molecule has 0 atom stereocenters. The molecule has 0 radical (unpaired) electrons. The van der Waals surface area contributed by atoms with Crippen molar-refractivity contribution in [2.24, 2.45) is 0 Å². The zero-order valence-electron chi connectivity index (χ0n) is 18.2. The maximum Gasteiger partial charge on any atom is 0.272 e. The Balaban J connectivity index is 1.57. The molecule has 0 bridgehead atoms. The average Bonchev–Trinajstić information content (AvgIpc) is 3.20. The Morgan fingerprint density at radius 1 is 1.06 bits per heavy atom.